The largest absolute Gasteiger partial charge is 0.478 e. The van der Waals surface area contributed by atoms with E-state index >= 15 is 0 Å². The first-order chi connectivity index (χ1) is 7.61. The molecule has 0 rings (SSSR count). The van der Waals surface area contributed by atoms with E-state index in [0.717, 1.165) is 0 Å². The highest BCUT2D eigenvalue weighted by atomic mass is 19.4. The van der Waals surface area contributed by atoms with Crippen molar-refractivity contribution in [3.8, 4) is 11.8 Å². The third-order valence-electron chi connectivity index (χ3n) is 1.91. The van der Waals surface area contributed by atoms with E-state index in [-0.39, 0.29) is 6.42 Å². The molecule has 0 aromatic carbocycles. The average molecular weight is 254 g/mol. The van der Waals surface area contributed by atoms with Crippen molar-refractivity contribution in [2.45, 2.75) is 44.1 Å². The summed E-state index contributed by atoms with van der Waals surface area (Å²) in [6.07, 6.45) is -5.32. The molecule has 98 valence electrons. The van der Waals surface area contributed by atoms with Gasteiger partial charge in [-0.2, -0.15) is 13.2 Å². The van der Waals surface area contributed by atoms with Crippen LogP contribution < -0.4 is 0 Å². The Labute approximate surface area is 96.1 Å². The van der Waals surface area contributed by atoms with Gasteiger partial charge in [-0.25, -0.2) is 4.79 Å². The van der Waals surface area contributed by atoms with Crippen LogP contribution in [0.2, 0.25) is 0 Å². The Bertz CT molecular complexity index is 327. The topological polar surface area (TPSA) is 77.8 Å². The van der Waals surface area contributed by atoms with E-state index in [1.165, 1.54) is 12.8 Å². The van der Waals surface area contributed by atoms with E-state index in [1.54, 1.807) is 0 Å². The van der Waals surface area contributed by atoms with Gasteiger partial charge in [-0.15, -0.1) is 0 Å². The highest BCUT2D eigenvalue weighted by molar-refractivity contribution is 5.82. The van der Waals surface area contributed by atoms with Crippen LogP contribution in [0.3, 0.4) is 0 Å². The predicted octanol–water partition coefficient (Wildman–Crippen LogP) is 0.919. The van der Waals surface area contributed by atoms with Gasteiger partial charge in [0, 0.05) is 6.42 Å². The SMILES string of the molecule is C[C@@H](O)CCCC#C[C@@](O)(C(=O)O)C(F)(F)F. The van der Waals surface area contributed by atoms with Gasteiger partial charge in [-0.3, -0.25) is 0 Å². The highest BCUT2D eigenvalue weighted by Crippen LogP contribution is 2.30. The number of aliphatic hydroxyl groups is 2. The number of aliphatic carboxylic acids is 1. The van der Waals surface area contributed by atoms with E-state index < -0.39 is 23.9 Å². The van der Waals surface area contributed by atoms with Crippen molar-refractivity contribution in [2.75, 3.05) is 0 Å². The second kappa shape index (κ2) is 5.89. The molecule has 0 aromatic rings. The maximum Gasteiger partial charge on any atom is 0.440 e. The van der Waals surface area contributed by atoms with E-state index in [4.69, 9.17) is 15.3 Å². The molecule has 0 radical (unpaired) electrons. The van der Waals surface area contributed by atoms with Gasteiger partial charge in [0.1, 0.15) is 0 Å². The van der Waals surface area contributed by atoms with Gasteiger partial charge < -0.3 is 15.3 Å². The molecule has 0 unspecified atom stereocenters. The van der Waals surface area contributed by atoms with Gasteiger partial charge >= 0.3 is 17.7 Å². The van der Waals surface area contributed by atoms with Gasteiger partial charge in [-0.1, -0.05) is 5.92 Å². The monoisotopic (exact) mass is 254 g/mol. The summed E-state index contributed by atoms with van der Waals surface area (Å²) in [5.74, 6) is 0.815. The van der Waals surface area contributed by atoms with Gasteiger partial charge in [0.25, 0.3) is 0 Å². The molecule has 7 heteroatoms. The van der Waals surface area contributed by atoms with Crippen LogP contribution >= 0.6 is 0 Å². The maximum atomic E-state index is 12.2. The third kappa shape index (κ3) is 4.63. The second-order valence-corrected chi connectivity index (χ2v) is 3.56. The molecule has 0 fully saturated rings. The van der Waals surface area contributed by atoms with Crippen LogP contribution in [-0.2, 0) is 4.79 Å². The average Bonchev–Trinajstić information content (AvgIpc) is 2.14. The lowest BCUT2D eigenvalue weighted by Crippen LogP contribution is -2.50. The van der Waals surface area contributed by atoms with Crippen LogP contribution in [0.5, 0.6) is 0 Å². The van der Waals surface area contributed by atoms with Gasteiger partial charge in [0.05, 0.1) is 6.10 Å². The molecule has 0 saturated heterocycles. The molecule has 0 aromatic heterocycles. The Morgan fingerprint density at radius 3 is 2.29 bits per heavy atom. The summed E-state index contributed by atoms with van der Waals surface area (Å²) < 4.78 is 36.7. The van der Waals surface area contributed by atoms with Crippen molar-refractivity contribution in [1.29, 1.82) is 0 Å². The summed E-state index contributed by atoms with van der Waals surface area (Å²) in [6.45, 7) is 1.51. The quantitative estimate of drug-likeness (QED) is 0.515. The summed E-state index contributed by atoms with van der Waals surface area (Å²) in [4.78, 5) is 10.3. The first kappa shape index (κ1) is 15.7. The number of rotatable bonds is 4. The van der Waals surface area contributed by atoms with E-state index in [1.807, 2.05) is 5.92 Å². The summed E-state index contributed by atoms with van der Waals surface area (Å²) in [5.41, 5.74) is -4.03. The van der Waals surface area contributed by atoms with Crippen LogP contribution in [0, 0.1) is 11.8 Å². The molecule has 0 saturated carbocycles. The minimum atomic E-state index is -5.35. The molecule has 3 N–H and O–H groups in total. The van der Waals surface area contributed by atoms with Crippen LogP contribution in [0.15, 0.2) is 0 Å². The Balaban J connectivity index is 4.59. The smallest absolute Gasteiger partial charge is 0.440 e. The van der Waals surface area contributed by atoms with E-state index in [0.29, 0.717) is 12.8 Å². The number of aliphatic hydroxyl groups excluding tert-OH is 1. The fourth-order valence-corrected chi connectivity index (χ4v) is 0.922. The lowest BCUT2D eigenvalue weighted by Gasteiger charge is -2.19. The van der Waals surface area contributed by atoms with E-state index in [9.17, 15) is 18.0 Å². The number of carbonyl (C=O) groups is 1. The first-order valence-electron chi connectivity index (χ1n) is 4.82. The number of alkyl halides is 3. The minimum Gasteiger partial charge on any atom is -0.478 e. The van der Waals surface area contributed by atoms with Gasteiger partial charge in [-0.05, 0) is 25.7 Å². The molecule has 0 amide bonds. The molecule has 0 spiro atoms. The molecule has 0 heterocycles. The molecule has 0 aliphatic heterocycles. The number of unbranched alkanes of at least 4 members (excludes halogenated alkanes) is 1. The molecular formula is C10H13F3O4. The molecule has 0 aliphatic rings. The summed E-state index contributed by atoms with van der Waals surface area (Å²) in [6, 6.07) is 0. The van der Waals surface area contributed by atoms with Gasteiger partial charge in [0.2, 0.25) is 0 Å². The van der Waals surface area contributed by atoms with Gasteiger partial charge in [0.15, 0.2) is 0 Å². The van der Waals surface area contributed by atoms with Crippen LogP contribution in [0.25, 0.3) is 0 Å². The maximum absolute atomic E-state index is 12.2. The summed E-state index contributed by atoms with van der Waals surface area (Å²) >= 11 is 0. The lowest BCUT2D eigenvalue weighted by molar-refractivity contribution is -0.239. The van der Waals surface area contributed by atoms with Crippen molar-refractivity contribution in [3.05, 3.63) is 0 Å². The van der Waals surface area contributed by atoms with Crippen LogP contribution in [0.4, 0.5) is 13.2 Å². The van der Waals surface area contributed by atoms with Crippen LogP contribution in [-0.4, -0.2) is 39.2 Å². The van der Waals surface area contributed by atoms with Crippen molar-refractivity contribution in [2.24, 2.45) is 0 Å². The Hall–Kier alpha value is -1.26. The number of carboxylic acids is 1. The normalized spacial score (nSPS) is 16.6. The molecule has 17 heavy (non-hydrogen) atoms. The molecule has 4 nitrogen and oxygen atoms in total. The van der Waals surface area contributed by atoms with Crippen LogP contribution in [0.1, 0.15) is 26.2 Å². The third-order valence-corrected chi connectivity index (χ3v) is 1.91. The zero-order valence-electron chi connectivity index (χ0n) is 9.08. The zero-order chi connectivity index (χ0) is 13.7. The summed E-state index contributed by atoms with van der Waals surface area (Å²) in [5, 5.41) is 26.0. The Kier molecular flexibility index (Phi) is 5.45. The predicted molar refractivity (Wildman–Crippen MR) is 51.9 cm³/mol. The number of carboxylic acid groups (broad SMARTS) is 1. The van der Waals surface area contributed by atoms with Crippen molar-refractivity contribution in [1.82, 2.24) is 0 Å². The van der Waals surface area contributed by atoms with E-state index in [2.05, 4.69) is 0 Å². The van der Waals surface area contributed by atoms with Crippen molar-refractivity contribution in [3.63, 3.8) is 0 Å². The highest BCUT2D eigenvalue weighted by Gasteiger charge is 2.59. The Morgan fingerprint density at radius 2 is 1.94 bits per heavy atom. The number of halogens is 3. The number of hydrogen-bond donors (Lipinski definition) is 3. The Morgan fingerprint density at radius 1 is 1.41 bits per heavy atom. The lowest BCUT2D eigenvalue weighted by atomic mass is 10.0. The standard InChI is InChI=1S/C10H13F3O4/c1-7(14)5-3-2-4-6-9(17,8(15)16)10(11,12)13/h7,14,17H,2-3,5H2,1H3,(H,15,16)/t7-,9-/m1/s1. The molecule has 2 atom stereocenters. The minimum absolute atomic E-state index is 0.0312. The first-order valence-corrected chi connectivity index (χ1v) is 4.82. The fourth-order valence-electron chi connectivity index (χ4n) is 0.922. The van der Waals surface area contributed by atoms with Crippen molar-refractivity contribution < 1.29 is 33.3 Å². The fraction of sp³-hybridized carbons (Fsp3) is 0.700. The number of hydrogen-bond acceptors (Lipinski definition) is 3. The zero-order valence-corrected chi connectivity index (χ0v) is 9.08. The molecular weight excluding hydrogens is 241 g/mol. The second-order valence-electron chi connectivity index (χ2n) is 3.56. The molecule has 0 bridgehead atoms. The summed E-state index contributed by atoms with van der Waals surface area (Å²) in [7, 11) is 0. The molecule has 0 aliphatic carbocycles. The van der Waals surface area contributed by atoms with Crippen molar-refractivity contribution >= 4 is 5.97 Å².